The average molecular weight is 795 g/mol. The van der Waals surface area contributed by atoms with E-state index in [-0.39, 0.29) is 11.6 Å². The van der Waals surface area contributed by atoms with E-state index in [9.17, 15) is 0 Å². The van der Waals surface area contributed by atoms with Crippen LogP contribution in [0, 0.1) is 11.6 Å². The highest BCUT2D eigenvalue weighted by atomic mass is 32.1. The number of fused-ring (bicyclic) bond motifs is 5. The Morgan fingerprint density at radius 1 is 0.519 bits per heavy atom. The third-order valence-corrected chi connectivity index (χ3v) is 15.3. The highest BCUT2D eigenvalue weighted by Crippen LogP contribution is 2.47. The van der Waals surface area contributed by atoms with Crippen LogP contribution in [-0.2, 0) is 25.9 Å². The van der Waals surface area contributed by atoms with Gasteiger partial charge >= 0.3 is 0 Å². The van der Waals surface area contributed by atoms with Gasteiger partial charge in [0.1, 0.15) is 11.6 Å². The Kier molecular flexibility index (Phi) is 11.3. The number of aromatic nitrogens is 2. The molecule has 0 saturated carbocycles. The monoisotopic (exact) mass is 794 g/mol. The fourth-order valence-corrected chi connectivity index (χ4v) is 12.2. The predicted molar refractivity (Wildman–Crippen MR) is 235 cm³/mol. The summed E-state index contributed by atoms with van der Waals surface area (Å²) in [6, 6.07) is 20.7. The molecular formula is C46H48F2N2S4. The van der Waals surface area contributed by atoms with Gasteiger partial charge in [0.15, 0.2) is 0 Å². The van der Waals surface area contributed by atoms with Crippen molar-refractivity contribution in [1.82, 2.24) is 9.13 Å². The summed E-state index contributed by atoms with van der Waals surface area (Å²) in [4.78, 5) is 6.96. The molecule has 0 atom stereocenters. The maximum absolute atomic E-state index is 16.7. The quantitative estimate of drug-likeness (QED) is 0.0922. The highest BCUT2D eigenvalue weighted by Gasteiger charge is 2.26. The second-order valence-corrected chi connectivity index (χ2v) is 18.5. The fourth-order valence-electron chi connectivity index (χ4n) is 7.93. The lowest BCUT2D eigenvalue weighted by Gasteiger charge is -2.11. The minimum absolute atomic E-state index is 0.198. The van der Waals surface area contributed by atoms with Crippen LogP contribution in [-0.4, -0.2) is 9.13 Å². The van der Waals surface area contributed by atoms with E-state index in [1.807, 2.05) is 0 Å². The summed E-state index contributed by atoms with van der Waals surface area (Å²) in [5.74, 6) is -0.395. The lowest BCUT2D eigenvalue weighted by atomic mass is 10.1. The van der Waals surface area contributed by atoms with Crippen LogP contribution in [0.5, 0.6) is 0 Å². The summed E-state index contributed by atoms with van der Waals surface area (Å²) >= 11 is 6.91. The van der Waals surface area contributed by atoms with Crippen LogP contribution in [0.1, 0.15) is 90.2 Å². The van der Waals surface area contributed by atoms with E-state index < -0.39 is 0 Å². The Hall–Kier alpha value is -3.56. The Morgan fingerprint density at radius 2 is 0.944 bits per heavy atom. The van der Waals surface area contributed by atoms with Gasteiger partial charge in [0.05, 0.1) is 22.1 Å². The number of hydrogen-bond donors (Lipinski definition) is 0. The van der Waals surface area contributed by atoms with Crippen molar-refractivity contribution in [3.8, 4) is 40.4 Å². The van der Waals surface area contributed by atoms with E-state index in [0.717, 1.165) is 120 Å². The molecule has 2 aromatic carbocycles. The minimum Gasteiger partial charge on any atom is -0.339 e. The molecule has 2 nitrogen and oxygen atoms in total. The maximum atomic E-state index is 16.7. The van der Waals surface area contributed by atoms with Crippen LogP contribution in [0.4, 0.5) is 8.78 Å². The molecule has 54 heavy (non-hydrogen) atoms. The number of nitrogens with zero attached hydrogens (tertiary/aromatic N) is 2. The van der Waals surface area contributed by atoms with Crippen LogP contribution >= 0.6 is 45.3 Å². The first-order valence-corrected chi connectivity index (χ1v) is 23.2. The second-order valence-electron chi connectivity index (χ2n) is 14.5. The number of aryl methyl sites for hydroxylation is 4. The second kappa shape index (κ2) is 16.3. The Balaban J connectivity index is 1.34. The Morgan fingerprint density at radius 3 is 1.31 bits per heavy atom. The smallest absolute Gasteiger partial charge is 0.132 e. The highest BCUT2D eigenvalue weighted by molar-refractivity contribution is 7.24. The van der Waals surface area contributed by atoms with Crippen molar-refractivity contribution < 1.29 is 8.78 Å². The molecule has 0 aliphatic carbocycles. The molecule has 0 bridgehead atoms. The van der Waals surface area contributed by atoms with Crippen LogP contribution in [0.2, 0.25) is 0 Å². The summed E-state index contributed by atoms with van der Waals surface area (Å²) in [6.07, 6.45) is 10.5. The van der Waals surface area contributed by atoms with Crippen molar-refractivity contribution in [2.24, 2.45) is 0 Å². The molecule has 0 spiro atoms. The van der Waals surface area contributed by atoms with Crippen molar-refractivity contribution in [2.45, 2.75) is 105 Å². The molecule has 8 aromatic rings. The third-order valence-electron chi connectivity index (χ3n) is 10.7. The van der Waals surface area contributed by atoms with Gasteiger partial charge in [0, 0.05) is 64.3 Å². The standard InChI is InChI=1S/C46H48F2N2S4/c1-5-9-15-29-23-41(53-45(29)39-17-13-21-51-39)31-27-37-33(25-35(31)47)43-44(49(37)19-11-7-3)34-26-36(48)32(28-38(34)50(43)20-12-8-4)42-24-30(16-10-6-2)46(54-42)40-18-14-22-52-40/h13-14,17-18,21-28H,5-12,15-16,19-20H2,1-4H3. The number of benzene rings is 2. The molecule has 0 radical (unpaired) electrons. The summed E-state index contributed by atoms with van der Waals surface area (Å²) in [6.45, 7) is 10.4. The zero-order valence-corrected chi connectivity index (χ0v) is 35.0. The summed E-state index contributed by atoms with van der Waals surface area (Å²) < 4.78 is 38.1. The normalized spacial score (nSPS) is 12.0. The number of hydrogen-bond acceptors (Lipinski definition) is 4. The van der Waals surface area contributed by atoms with Gasteiger partial charge in [-0.3, -0.25) is 0 Å². The minimum atomic E-state index is -0.198. The van der Waals surface area contributed by atoms with E-state index in [1.165, 1.54) is 30.6 Å². The molecule has 0 unspecified atom stereocenters. The molecule has 280 valence electrons. The molecule has 6 aromatic heterocycles. The van der Waals surface area contributed by atoms with Crippen molar-refractivity contribution in [2.75, 3.05) is 0 Å². The Labute approximate surface area is 333 Å². The summed E-state index contributed by atoms with van der Waals surface area (Å²) in [7, 11) is 0. The largest absolute Gasteiger partial charge is 0.339 e. The van der Waals surface area contributed by atoms with Gasteiger partial charge in [-0.2, -0.15) is 0 Å². The molecule has 8 heteroatoms. The molecule has 0 N–H and O–H groups in total. The first-order valence-electron chi connectivity index (χ1n) is 19.8. The van der Waals surface area contributed by atoms with Gasteiger partial charge in [-0.25, -0.2) is 8.78 Å². The molecule has 0 aliphatic heterocycles. The predicted octanol–water partition coefficient (Wildman–Crippen LogP) is 16.2. The van der Waals surface area contributed by atoms with E-state index in [4.69, 9.17) is 0 Å². The van der Waals surface area contributed by atoms with Gasteiger partial charge < -0.3 is 9.13 Å². The van der Waals surface area contributed by atoms with Crippen molar-refractivity contribution in [3.05, 3.63) is 94.2 Å². The SMILES string of the molecule is CCCCc1cc(-c2cc3c(cc2F)c2c(c4cc(F)c(-c5cc(CCCC)c(-c6cccs6)s5)cc4n2CCCC)n3CCCC)sc1-c1cccs1. The summed E-state index contributed by atoms with van der Waals surface area (Å²) in [5, 5.41) is 6.07. The van der Waals surface area contributed by atoms with E-state index in [2.05, 4.69) is 96.1 Å². The topological polar surface area (TPSA) is 9.86 Å². The summed E-state index contributed by atoms with van der Waals surface area (Å²) in [5.41, 5.74) is 8.02. The number of halogens is 2. The van der Waals surface area contributed by atoms with Gasteiger partial charge in [-0.15, -0.1) is 45.3 Å². The zero-order valence-electron chi connectivity index (χ0n) is 31.7. The maximum Gasteiger partial charge on any atom is 0.132 e. The van der Waals surface area contributed by atoms with Gasteiger partial charge in [0.2, 0.25) is 0 Å². The molecule has 0 amide bonds. The van der Waals surface area contributed by atoms with Crippen molar-refractivity contribution in [3.63, 3.8) is 0 Å². The van der Waals surface area contributed by atoms with Gasteiger partial charge in [-0.05, 0) is 109 Å². The van der Waals surface area contributed by atoms with E-state index in [1.54, 1.807) is 57.5 Å². The molecule has 8 rings (SSSR count). The third kappa shape index (κ3) is 6.82. The fraction of sp³-hybridized carbons (Fsp3) is 0.348. The molecule has 0 saturated heterocycles. The van der Waals surface area contributed by atoms with Crippen LogP contribution in [0.15, 0.2) is 71.4 Å². The van der Waals surface area contributed by atoms with Crippen LogP contribution in [0.25, 0.3) is 73.2 Å². The Bertz CT molecular complexity index is 2350. The first kappa shape index (κ1) is 37.4. The number of rotatable bonds is 16. The van der Waals surface area contributed by atoms with Crippen LogP contribution in [0.3, 0.4) is 0 Å². The van der Waals surface area contributed by atoms with E-state index in [0.29, 0.717) is 11.1 Å². The van der Waals surface area contributed by atoms with E-state index >= 15 is 8.78 Å². The average Bonchev–Trinajstić information content (AvgIpc) is 4.03. The molecule has 0 fully saturated rings. The number of unbranched alkanes of at least 4 members (excludes halogenated alkanes) is 4. The van der Waals surface area contributed by atoms with Gasteiger partial charge in [0.25, 0.3) is 0 Å². The van der Waals surface area contributed by atoms with Gasteiger partial charge in [-0.1, -0.05) is 65.5 Å². The molecule has 6 heterocycles. The van der Waals surface area contributed by atoms with Crippen molar-refractivity contribution in [1.29, 1.82) is 0 Å². The number of thiophene rings is 4. The molecule has 0 aliphatic rings. The van der Waals surface area contributed by atoms with Crippen molar-refractivity contribution >= 4 is 78.2 Å². The lowest BCUT2D eigenvalue weighted by Crippen LogP contribution is -1.99. The lowest BCUT2D eigenvalue weighted by molar-refractivity contribution is 0.632. The van der Waals surface area contributed by atoms with Crippen LogP contribution < -0.4 is 0 Å². The molecular weight excluding hydrogens is 747 g/mol. The zero-order chi connectivity index (χ0) is 37.3. The first-order chi connectivity index (χ1) is 26.4.